The quantitative estimate of drug-likeness (QED) is 0.906. The fraction of sp³-hybridized carbons (Fsp3) is 0.438. The molecule has 122 valence electrons. The third-order valence-corrected chi connectivity index (χ3v) is 6.83. The van der Waals surface area contributed by atoms with Crippen LogP contribution in [0.3, 0.4) is 0 Å². The van der Waals surface area contributed by atoms with Crippen molar-refractivity contribution in [2.75, 3.05) is 26.2 Å². The van der Waals surface area contributed by atoms with Crippen LogP contribution in [-0.4, -0.2) is 43.9 Å². The Morgan fingerprint density at radius 1 is 1.22 bits per heavy atom. The minimum absolute atomic E-state index is 0.0431. The average Bonchev–Trinajstić information content (AvgIpc) is 2.99. The molecule has 0 amide bonds. The monoisotopic (exact) mass is 335 g/mol. The second kappa shape index (κ2) is 5.51. The van der Waals surface area contributed by atoms with Gasteiger partial charge in [-0.25, -0.2) is 12.8 Å². The number of benzene rings is 1. The summed E-state index contributed by atoms with van der Waals surface area (Å²) >= 11 is 0. The molecule has 2 unspecified atom stereocenters. The molecule has 2 fully saturated rings. The fourth-order valence-electron chi connectivity index (χ4n) is 3.74. The van der Waals surface area contributed by atoms with Gasteiger partial charge in [0.15, 0.2) is 5.82 Å². The van der Waals surface area contributed by atoms with E-state index in [-0.39, 0.29) is 10.3 Å². The van der Waals surface area contributed by atoms with Gasteiger partial charge in [-0.15, -0.1) is 0 Å². The largest absolute Gasteiger partial charge is 0.316 e. The maximum Gasteiger partial charge on any atom is 0.243 e. The van der Waals surface area contributed by atoms with Gasteiger partial charge in [0.25, 0.3) is 0 Å². The van der Waals surface area contributed by atoms with E-state index in [4.69, 9.17) is 0 Å². The molecule has 0 aliphatic carbocycles. The number of rotatable bonds is 2. The number of halogens is 1. The molecule has 2 aromatic rings. The first-order valence-electron chi connectivity index (χ1n) is 7.80. The molecule has 0 saturated carbocycles. The molecular weight excluding hydrogens is 317 g/mol. The number of pyridine rings is 1. The lowest BCUT2D eigenvalue weighted by molar-refractivity contribution is 0.318. The number of hydrogen-bond donors (Lipinski definition) is 1. The molecule has 2 aliphatic rings. The van der Waals surface area contributed by atoms with Crippen LogP contribution < -0.4 is 5.32 Å². The molecule has 0 spiro atoms. The van der Waals surface area contributed by atoms with E-state index < -0.39 is 15.8 Å². The lowest BCUT2D eigenvalue weighted by atomic mass is 9.90. The van der Waals surface area contributed by atoms with E-state index in [2.05, 4.69) is 10.3 Å². The van der Waals surface area contributed by atoms with Gasteiger partial charge in [0.1, 0.15) is 0 Å². The highest BCUT2D eigenvalue weighted by Gasteiger charge is 2.40. The van der Waals surface area contributed by atoms with Gasteiger partial charge in [0.05, 0.1) is 11.1 Å². The van der Waals surface area contributed by atoms with Crippen LogP contribution in [0.2, 0.25) is 0 Å². The number of hydrogen-bond acceptors (Lipinski definition) is 4. The van der Waals surface area contributed by atoms with Crippen LogP contribution in [0.4, 0.5) is 4.39 Å². The standard InChI is InChI=1S/C16H18FN3O2S/c17-14-8-19-6-11-2-1-3-15(16(11)14)23(21,22)20-9-12-4-5-18-7-13(12)10-20/h1-3,6,8,12-13,18H,4-5,7,9-10H2. The highest BCUT2D eigenvalue weighted by Crippen LogP contribution is 2.34. The van der Waals surface area contributed by atoms with Gasteiger partial charge >= 0.3 is 0 Å². The van der Waals surface area contributed by atoms with Crippen molar-refractivity contribution in [2.24, 2.45) is 11.8 Å². The Balaban J connectivity index is 1.78. The first kappa shape index (κ1) is 15.0. The Kier molecular flexibility index (Phi) is 3.59. The molecule has 1 aromatic carbocycles. The summed E-state index contributed by atoms with van der Waals surface area (Å²) in [7, 11) is -3.71. The molecule has 5 nitrogen and oxygen atoms in total. The summed E-state index contributed by atoms with van der Waals surface area (Å²) in [5.74, 6) is 0.146. The van der Waals surface area contributed by atoms with Crippen LogP contribution in [0.5, 0.6) is 0 Å². The van der Waals surface area contributed by atoms with Crippen LogP contribution in [-0.2, 0) is 10.0 Å². The minimum Gasteiger partial charge on any atom is -0.316 e. The summed E-state index contributed by atoms with van der Waals surface area (Å²) in [6, 6.07) is 4.81. The molecule has 0 radical (unpaired) electrons. The summed E-state index contributed by atoms with van der Waals surface area (Å²) in [6.45, 7) is 2.81. The second-order valence-electron chi connectivity index (χ2n) is 6.31. The maximum atomic E-state index is 14.2. The summed E-state index contributed by atoms with van der Waals surface area (Å²) in [4.78, 5) is 3.84. The smallest absolute Gasteiger partial charge is 0.243 e. The topological polar surface area (TPSA) is 62.3 Å². The SMILES string of the molecule is O=S(=O)(c1cccc2cncc(F)c12)N1CC2CCNCC2C1. The molecule has 2 saturated heterocycles. The van der Waals surface area contributed by atoms with Gasteiger partial charge in [-0.1, -0.05) is 12.1 Å². The molecule has 2 atom stereocenters. The zero-order valence-corrected chi connectivity index (χ0v) is 13.4. The van der Waals surface area contributed by atoms with E-state index in [9.17, 15) is 12.8 Å². The van der Waals surface area contributed by atoms with Crippen molar-refractivity contribution in [1.82, 2.24) is 14.6 Å². The van der Waals surface area contributed by atoms with Crippen LogP contribution in [0.25, 0.3) is 10.8 Å². The predicted molar refractivity (Wildman–Crippen MR) is 84.9 cm³/mol. The highest BCUT2D eigenvalue weighted by molar-refractivity contribution is 7.89. The number of sulfonamides is 1. The van der Waals surface area contributed by atoms with E-state index in [0.717, 1.165) is 25.7 Å². The lowest BCUT2D eigenvalue weighted by Gasteiger charge is -2.24. The Labute approximate surface area is 134 Å². The molecule has 23 heavy (non-hydrogen) atoms. The summed E-state index contributed by atoms with van der Waals surface area (Å²) in [5.41, 5.74) is 0. The number of fused-ring (bicyclic) bond motifs is 2. The second-order valence-corrected chi connectivity index (χ2v) is 8.22. The van der Waals surface area contributed by atoms with Gasteiger partial charge in [-0.3, -0.25) is 4.98 Å². The maximum absolute atomic E-state index is 14.2. The summed E-state index contributed by atoms with van der Waals surface area (Å²) < 4.78 is 41.8. The van der Waals surface area contributed by atoms with Crippen LogP contribution >= 0.6 is 0 Å². The van der Waals surface area contributed by atoms with E-state index >= 15 is 0 Å². The van der Waals surface area contributed by atoms with Crippen molar-refractivity contribution in [1.29, 1.82) is 0 Å². The van der Waals surface area contributed by atoms with Crippen LogP contribution in [0, 0.1) is 17.7 Å². The van der Waals surface area contributed by atoms with Gasteiger partial charge in [-0.05, 0) is 37.4 Å². The lowest BCUT2D eigenvalue weighted by Crippen LogP contribution is -2.35. The zero-order valence-electron chi connectivity index (χ0n) is 12.6. The third-order valence-electron chi connectivity index (χ3n) is 4.96. The minimum atomic E-state index is -3.71. The summed E-state index contributed by atoms with van der Waals surface area (Å²) in [5, 5.41) is 3.96. The van der Waals surface area contributed by atoms with Gasteiger partial charge in [0.2, 0.25) is 10.0 Å². The average molecular weight is 335 g/mol. The van der Waals surface area contributed by atoms with E-state index in [1.165, 1.54) is 16.6 Å². The van der Waals surface area contributed by atoms with E-state index in [1.807, 2.05) is 0 Å². The first-order valence-corrected chi connectivity index (χ1v) is 9.24. The fourth-order valence-corrected chi connectivity index (χ4v) is 5.52. The van der Waals surface area contributed by atoms with Gasteiger partial charge < -0.3 is 5.32 Å². The first-order chi connectivity index (χ1) is 11.1. The Bertz CT molecular complexity index is 836. The highest BCUT2D eigenvalue weighted by atomic mass is 32.2. The summed E-state index contributed by atoms with van der Waals surface area (Å²) in [6.07, 6.45) is 3.55. The Hall–Kier alpha value is -1.57. The number of aromatic nitrogens is 1. The van der Waals surface area contributed by atoms with Gasteiger partial charge in [-0.2, -0.15) is 4.31 Å². The van der Waals surface area contributed by atoms with E-state index in [1.54, 1.807) is 12.1 Å². The van der Waals surface area contributed by atoms with Crippen LogP contribution in [0.15, 0.2) is 35.5 Å². The van der Waals surface area contributed by atoms with Crippen molar-refractivity contribution in [3.63, 3.8) is 0 Å². The molecule has 7 heteroatoms. The third kappa shape index (κ3) is 2.43. The van der Waals surface area contributed by atoms with Crippen LogP contribution in [0.1, 0.15) is 6.42 Å². The molecule has 1 N–H and O–H groups in total. The van der Waals surface area contributed by atoms with Crippen molar-refractivity contribution in [2.45, 2.75) is 11.3 Å². The normalized spacial score (nSPS) is 25.6. The van der Waals surface area contributed by atoms with Crippen molar-refractivity contribution >= 4 is 20.8 Å². The number of nitrogens with one attached hydrogen (secondary N) is 1. The molecule has 0 bridgehead atoms. The van der Waals surface area contributed by atoms with Crippen molar-refractivity contribution in [3.8, 4) is 0 Å². The molecule has 2 aliphatic heterocycles. The molecule has 4 rings (SSSR count). The Morgan fingerprint density at radius 2 is 2.04 bits per heavy atom. The number of piperidine rings is 1. The molecule has 1 aromatic heterocycles. The number of nitrogens with zero attached hydrogens (tertiary/aromatic N) is 2. The molecular formula is C16H18FN3O2S. The van der Waals surface area contributed by atoms with Gasteiger partial charge in [0, 0.05) is 30.1 Å². The zero-order chi connectivity index (χ0) is 16.0. The Morgan fingerprint density at radius 3 is 2.87 bits per heavy atom. The molecule has 3 heterocycles. The van der Waals surface area contributed by atoms with Crippen molar-refractivity contribution < 1.29 is 12.8 Å². The van der Waals surface area contributed by atoms with E-state index in [0.29, 0.717) is 30.3 Å². The predicted octanol–water partition coefficient (Wildman–Crippen LogP) is 1.60. The van der Waals surface area contributed by atoms with Crippen molar-refractivity contribution in [3.05, 3.63) is 36.4 Å².